The lowest BCUT2D eigenvalue weighted by molar-refractivity contribution is -0.150. The van der Waals surface area contributed by atoms with Gasteiger partial charge in [0.25, 0.3) is 0 Å². The molecule has 19 heavy (non-hydrogen) atoms. The molecular formula is C13H17BrF3NO. The zero-order valence-corrected chi connectivity index (χ0v) is 12.7. The largest absolute Gasteiger partial charge is 0.496 e. The highest BCUT2D eigenvalue weighted by Crippen LogP contribution is 2.26. The predicted molar refractivity (Wildman–Crippen MR) is 72.3 cm³/mol. The number of nitrogens with zero attached hydrogens (tertiary/aromatic N) is 1. The lowest BCUT2D eigenvalue weighted by Gasteiger charge is -2.28. The number of rotatable bonds is 5. The second-order valence-electron chi connectivity index (χ2n) is 4.57. The van der Waals surface area contributed by atoms with Crippen molar-refractivity contribution in [2.45, 2.75) is 32.6 Å². The van der Waals surface area contributed by atoms with Gasteiger partial charge in [0.2, 0.25) is 0 Å². The molecule has 1 aromatic rings. The molecule has 0 fully saturated rings. The molecule has 108 valence electrons. The van der Waals surface area contributed by atoms with Gasteiger partial charge in [-0.2, -0.15) is 13.2 Å². The Balaban J connectivity index is 2.93. The van der Waals surface area contributed by atoms with E-state index in [0.717, 1.165) is 10.0 Å². The average Bonchev–Trinajstić information content (AvgIpc) is 2.26. The van der Waals surface area contributed by atoms with Gasteiger partial charge in [-0.1, -0.05) is 15.9 Å². The fourth-order valence-corrected chi connectivity index (χ4v) is 2.15. The lowest BCUT2D eigenvalue weighted by atomic mass is 10.1. The fourth-order valence-electron chi connectivity index (χ4n) is 1.74. The lowest BCUT2D eigenvalue weighted by Crippen LogP contribution is -2.38. The van der Waals surface area contributed by atoms with Crippen molar-refractivity contribution in [1.29, 1.82) is 0 Å². The number of alkyl halides is 3. The van der Waals surface area contributed by atoms with Crippen molar-refractivity contribution in [3.63, 3.8) is 0 Å². The Labute approximate surface area is 119 Å². The van der Waals surface area contributed by atoms with Gasteiger partial charge in [-0.3, -0.25) is 4.90 Å². The minimum atomic E-state index is -4.20. The summed E-state index contributed by atoms with van der Waals surface area (Å²) in [5, 5.41) is 0. The zero-order chi connectivity index (χ0) is 14.6. The van der Waals surface area contributed by atoms with Crippen molar-refractivity contribution in [2.24, 2.45) is 0 Å². The molecule has 1 rings (SSSR count). The molecule has 0 unspecified atom stereocenters. The van der Waals surface area contributed by atoms with E-state index in [1.54, 1.807) is 32.0 Å². The third-order valence-electron chi connectivity index (χ3n) is 2.73. The SMILES string of the molecule is COc1ccc(Br)cc1CN(CC(F)(F)F)C(C)C. The Bertz CT molecular complexity index is 421. The maximum atomic E-state index is 12.5. The molecule has 0 aliphatic heterocycles. The van der Waals surface area contributed by atoms with E-state index in [0.29, 0.717) is 5.75 Å². The normalized spacial score (nSPS) is 12.3. The molecule has 0 N–H and O–H groups in total. The molecular weight excluding hydrogens is 323 g/mol. The van der Waals surface area contributed by atoms with Crippen molar-refractivity contribution in [1.82, 2.24) is 4.90 Å². The summed E-state index contributed by atoms with van der Waals surface area (Å²) in [6, 6.07) is 5.12. The van der Waals surface area contributed by atoms with Crippen LogP contribution in [0.5, 0.6) is 5.75 Å². The first-order valence-corrected chi connectivity index (χ1v) is 6.65. The monoisotopic (exact) mass is 339 g/mol. The molecule has 0 aliphatic carbocycles. The summed E-state index contributed by atoms with van der Waals surface area (Å²) in [4.78, 5) is 1.37. The first kappa shape index (κ1) is 16.3. The third-order valence-corrected chi connectivity index (χ3v) is 3.22. The fraction of sp³-hybridized carbons (Fsp3) is 0.538. The Morgan fingerprint density at radius 1 is 1.32 bits per heavy atom. The molecule has 0 aromatic heterocycles. The summed E-state index contributed by atoms with van der Waals surface area (Å²) < 4.78 is 43.6. The van der Waals surface area contributed by atoms with Gasteiger partial charge < -0.3 is 4.74 Å². The Kier molecular flexibility index (Phi) is 5.67. The van der Waals surface area contributed by atoms with Crippen LogP contribution in [0, 0.1) is 0 Å². The summed E-state index contributed by atoms with van der Waals surface area (Å²) in [6.45, 7) is 2.76. The van der Waals surface area contributed by atoms with Gasteiger partial charge in [-0.15, -0.1) is 0 Å². The van der Waals surface area contributed by atoms with Gasteiger partial charge >= 0.3 is 6.18 Å². The minimum Gasteiger partial charge on any atom is -0.496 e. The van der Waals surface area contributed by atoms with Crippen LogP contribution in [-0.2, 0) is 6.54 Å². The molecule has 2 nitrogen and oxygen atoms in total. The number of hydrogen-bond acceptors (Lipinski definition) is 2. The van der Waals surface area contributed by atoms with Crippen LogP contribution in [0.4, 0.5) is 13.2 Å². The Morgan fingerprint density at radius 2 is 1.95 bits per heavy atom. The van der Waals surface area contributed by atoms with Crippen LogP contribution in [0.25, 0.3) is 0 Å². The van der Waals surface area contributed by atoms with E-state index in [1.807, 2.05) is 0 Å². The average molecular weight is 340 g/mol. The van der Waals surface area contributed by atoms with E-state index >= 15 is 0 Å². The first-order valence-electron chi connectivity index (χ1n) is 5.86. The van der Waals surface area contributed by atoms with Crippen LogP contribution in [0.15, 0.2) is 22.7 Å². The van der Waals surface area contributed by atoms with E-state index < -0.39 is 12.7 Å². The molecule has 1 aromatic carbocycles. The van der Waals surface area contributed by atoms with Crippen LogP contribution >= 0.6 is 15.9 Å². The summed E-state index contributed by atoms with van der Waals surface area (Å²) >= 11 is 3.32. The smallest absolute Gasteiger partial charge is 0.401 e. The van der Waals surface area contributed by atoms with Crippen molar-refractivity contribution >= 4 is 15.9 Å². The number of hydrogen-bond donors (Lipinski definition) is 0. The minimum absolute atomic E-state index is 0.194. The molecule has 6 heteroatoms. The third kappa shape index (κ3) is 5.40. The molecule has 0 saturated carbocycles. The van der Waals surface area contributed by atoms with Crippen LogP contribution in [0.1, 0.15) is 19.4 Å². The van der Waals surface area contributed by atoms with Gasteiger partial charge in [-0.25, -0.2) is 0 Å². The summed E-state index contributed by atoms with van der Waals surface area (Å²) in [5.41, 5.74) is 0.731. The van der Waals surface area contributed by atoms with E-state index in [1.165, 1.54) is 12.0 Å². The highest BCUT2D eigenvalue weighted by atomic mass is 79.9. The molecule has 0 heterocycles. The topological polar surface area (TPSA) is 12.5 Å². The second-order valence-corrected chi connectivity index (χ2v) is 5.49. The second kappa shape index (κ2) is 6.61. The van der Waals surface area contributed by atoms with Gasteiger partial charge in [0.15, 0.2) is 0 Å². The van der Waals surface area contributed by atoms with Gasteiger partial charge in [0.05, 0.1) is 13.7 Å². The van der Waals surface area contributed by atoms with Crippen molar-refractivity contribution in [2.75, 3.05) is 13.7 Å². The molecule has 0 bridgehead atoms. The standard InChI is InChI=1S/C13H17BrF3NO/c1-9(2)18(8-13(15,16)17)7-10-6-11(14)4-5-12(10)19-3/h4-6,9H,7-8H2,1-3H3. The maximum absolute atomic E-state index is 12.5. The number of benzene rings is 1. The quantitative estimate of drug-likeness (QED) is 0.795. The van der Waals surface area contributed by atoms with Crippen molar-refractivity contribution < 1.29 is 17.9 Å². The molecule has 0 aliphatic rings. The van der Waals surface area contributed by atoms with Crippen molar-refractivity contribution in [3.05, 3.63) is 28.2 Å². The number of halogens is 4. The molecule has 0 saturated heterocycles. The van der Waals surface area contributed by atoms with Crippen LogP contribution in [0.3, 0.4) is 0 Å². The number of ether oxygens (including phenoxy) is 1. The van der Waals surface area contributed by atoms with Crippen molar-refractivity contribution in [3.8, 4) is 5.75 Å². The first-order chi connectivity index (χ1) is 8.73. The molecule has 0 spiro atoms. The molecule has 0 atom stereocenters. The summed E-state index contributed by atoms with van der Waals surface area (Å²) in [7, 11) is 1.51. The van der Waals surface area contributed by atoms with E-state index in [4.69, 9.17) is 4.74 Å². The maximum Gasteiger partial charge on any atom is 0.401 e. The number of methoxy groups -OCH3 is 1. The predicted octanol–water partition coefficient (Wildman–Crippen LogP) is 4.23. The van der Waals surface area contributed by atoms with E-state index in [2.05, 4.69) is 15.9 Å². The van der Waals surface area contributed by atoms with Gasteiger partial charge in [0, 0.05) is 22.6 Å². The van der Waals surface area contributed by atoms with Crippen LogP contribution < -0.4 is 4.74 Å². The van der Waals surface area contributed by atoms with E-state index in [9.17, 15) is 13.2 Å². The summed E-state index contributed by atoms with van der Waals surface area (Å²) in [6.07, 6.45) is -4.20. The van der Waals surface area contributed by atoms with Crippen LogP contribution in [-0.4, -0.2) is 30.8 Å². The van der Waals surface area contributed by atoms with Gasteiger partial charge in [-0.05, 0) is 32.0 Å². The highest BCUT2D eigenvalue weighted by molar-refractivity contribution is 9.10. The summed E-state index contributed by atoms with van der Waals surface area (Å²) in [5.74, 6) is 0.594. The molecule has 0 amide bonds. The van der Waals surface area contributed by atoms with Gasteiger partial charge in [0.1, 0.15) is 5.75 Å². The van der Waals surface area contributed by atoms with Crippen LogP contribution in [0.2, 0.25) is 0 Å². The Morgan fingerprint density at radius 3 is 2.42 bits per heavy atom. The molecule has 0 radical (unpaired) electrons. The van der Waals surface area contributed by atoms with E-state index in [-0.39, 0.29) is 12.6 Å². The zero-order valence-electron chi connectivity index (χ0n) is 11.1. The Hall–Kier alpha value is -0.750. The highest BCUT2D eigenvalue weighted by Gasteiger charge is 2.32.